The number of aryl methyl sites for hydroxylation is 6. The van der Waals surface area contributed by atoms with E-state index in [2.05, 4.69) is 118 Å². The van der Waals surface area contributed by atoms with Crippen LogP contribution in [-0.4, -0.2) is 35.5 Å². The van der Waals surface area contributed by atoms with Crippen LogP contribution >= 0.6 is 30.5 Å². The molecule has 9 rings (SSSR count). The first-order valence-corrected chi connectivity index (χ1v) is 26.3. The fraction of sp³-hybridized carbons (Fsp3) is 0.500. The summed E-state index contributed by atoms with van der Waals surface area (Å²) >= 11 is 15.8. The Morgan fingerprint density at radius 1 is 0.567 bits per heavy atom. The Hall–Kier alpha value is -3.10. The van der Waals surface area contributed by atoms with Gasteiger partial charge in [0.15, 0.2) is 5.45 Å². The Kier molecular flexibility index (Phi) is 12.4. The molecule has 4 aromatic carbocycles. The number of allylic oxidation sites excluding steroid dienone is 1. The zero-order chi connectivity index (χ0) is 41.7. The molecule has 316 valence electrons. The van der Waals surface area contributed by atoms with E-state index in [1.165, 1.54) is 158 Å². The van der Waals surface area contributed by atoms with Crippen molar-refractivity contribution in [3.63, 3.8) is 0 Å². The molecule has 2 aliphatic heterocycles. The maximum absolute atomic E-state index is 7.94. The van der Waals surface area contributed by atoms with Crippen molar-refractivity contribution >= 4 is 64.6 Å². The lowest BCUT2D eigenvalue weighted by Crippen LogP contribution is -2.39. The van der Waals surface area contributed by atoms with Gasteiger partial charge < -0.3 is 9.80 Å². The molecule has 3 saturated carbocycles. The fourth-order valence-electron chi connectivity index (χ4n) is 13.2. The van der Waals surface area contributed by atoms with Crippen LogP contribution in [0.3, 0.4) is 0 Å². The molecule has 0 amide bonds. The number of benzene rings is 4. The molecule has 0 unspecified atom stereocenters. The normalized spacial score (nSPS) is 20.7. The topological polar surface area (TPSA) is 18.8 Å². The summed E-state index contributed by atoms with van der Waals surface area (Å²) < 4.78 is 0. The second-order valence-corrected chi connectivity index (χ2v) is 24.4. The summed E-state index contributed by atoms with van der Waals surface area (Å²) in [5, 5.41) is 1.36. The Balaban J connectivity index is 1.30. The molecule has 2 heterocycles. The van der Waals surface area contributed by atoms with Gasteiger partial charge in [0, 0.05) is 41.2 Å². The molecule has 0 N–H and O–H groups in total. The van der Waals surface area contributed by atoms with Crippen molar-refractivity contribution in [1.29, 1.82) is 0 Å². The van der Waals surface area contributed by atoms with Gasteiger partial charge in [0.05, 0.1) is 40.0 Å². The molecule has 3 aliphatic carbocycles. The van der Waals surface area contributed by atoms with E-state index in [1.807, 2.05) is 0 Å². The van der Waals surface area contributed by atoms with Crippen molar-refractivity contribution in [2.75, 3.05) is 22.9 Å². The SMILES string of the molecule is Cc1cc(C)c(N2CCN(c3c(C)cc(C)cc3C)C2c2cc3c(c(Cl)c2Cl)C(=Cc2ccccc2)C([P+](C2CCCCC2)(C2CCCCC2)C2CCCCC2)=N3)c(C)c1. The molecule has 3 nitrogen and oxygen atoms in total. The Morgan fingerprint density at radius 2 is 1.00 bits per heavy atom. The first-order chi connectivity index (χ1) is 29.1. The lowest BCUT2D eigenvalue weighted by atomic mass is 9.98. The Bertz CT molecular complexity index is 2140. The zero-order valence-electron chi connectivity index (χ0n) is 37.2. The number of fused-ring (bicyclic) bond motifs is 1. The van der Waals surface area contributed by atoms with E-state index in [4.69, 9.17) is 28.2 Å². The summed E-state index contributed by atoms with van der Waals surface area (Å²) in [6.45, 7) is 15.3. The summed E-state index contributed by atoms with van der Waals surface area (Å²) in [5.74, 6) is 0. The van der Waals surface area contributed by atoms with Crippen molar-refractivity contribution in [2.45, 2.75) is 161 Å². The van der Waals surface area contributed by atoms with Crippen molar-refractivity contribution in [2.24, 2.45) is 4.99 Å². The quantitative estimate of drug-likeness (QED) is 0.164. The van der Waals surface area contributed by atoms with Gasteiger partial charge in [-0.25, -0.2) is 4.99 Å². The standard InChI is InChI=1S/C54H67Cl2N3P/c1-35-29-37(3)51(38(4)30-35)58-27-28-59(52-39(5)31-36(2)32-40(52)6)54(58)46-34-47-48(50(56)49(46)55)45(33-41-19-11-7-12-20-41)53(57-47)60(42-21-13-8-14-22-42,43-23-15-9-16-24-43)44-25-17-10-18-26-44/h7,11-12,19-20,29-34,42-44,54H,8-10,13-18,21-28H2,1-6H3/q+1. The molecule has 4 aromatic rings. The first kappa shape index (κ1) is 42.2. The molecule has 0 radical (unpaired) electrons. The predicted molar refractivity (Wildman–Crippen MR) is 264 cm³/mol. The molecule has 5 aliphatic rings. The highest BCUT2D eigenvalue weighted by molar-refractivity contribution is 7.94. The van der Waals surface area contributed by atoms with Crippen LogP contribution in [0.2, 0.25) is 10.0 Å². The van der Waals surface area contributed by atoms with Crippen LogP contribution < -0.4 is 9.80 Å². The fourth-order valence-corrected chi connectivity index (χ4v) is 21.1. The zero-order valence-corrected chi connectivity index (χ0v) is 39.6. The van der Waals surface area contributed by atoms with Crippen LogP contribution in [0.5, 0.6) is 0 Å². The van der Waals surface area contributed by atoms with Crippen LogP contribution in [0.1, 0.15) is 153 Å². The summed E-state index contributed by atoms with van der Waals surface area (Å²) in [6.07, 6.45) is 22.9. The second-order valence-electron chi connectivity index (χ2n) is 19.4. The minimum absolute atomic E-state index is 0.143. The molecule has 0 bridgehead atoms. The van der Waals surface area contributed by atoms with Gasteiger partial charge in [-0.15, -0.1) is 0 Å². The van der Waals surface area contributed by atoms with Gasteiger partial charge in [-0.2, -0.15) is 0 Å². The van der Waals surface area contributed by atoms with E-state index in [9.17, 15) is 0 Å². The van der Waals surface area contributed by atoms with Crippen molar-refractivity contribution in [3.8, 4) is 0 Å². The van der Waals surface area contributed by atoms with Gasteiger partial charge in [0.25, 0.3) is 0 Å². The molecule has 1 saturated heterocycles. The minimum atomic E-state index is -1.82. The predicted octanol–water partition coefficient (Wildman–Crippen LogP) is 16.5. The number of nitrogens with zero attached hydrogens (tertiary/aromatic N) is 3. The molecule has 0 aromatic heterocycles. The Labute approximate surface area is 372 Å². The molecule has 0 spiro atoms. The third kappa shape index (κ3) is 7.49. The number of rotatable bonds is 8. The van der Waals surface area contributed by atoms with E-state index >= 15 is 0 Å². The number of hydrogen-bond acceptors (Lipinski definition) is 3. The average molecular weight is 860 g/mol. The van der Waals surface area contributed by atoms with Gasteiger partial charge in [-0.3, -0.25) is 0 Å². The molecule has 6 heteroatoms. The van der Waals surface area contributed by atoms with Crippen LogP contribution in [0.25, 0.3) is 11.6 Å². The Morgan fingerprint density at radius 3 is 1.43 bits per heavy atom. The van der Waals surface area contributed by atoms with E-state index in [-0.39, 0.29) is 6.17 Å². The van der Waals surface area contributed by atoms with Gasteiger partial charge in [0.1, 0.15) is 6.17 Å². The van der Waals surface area contributed by atoms with Gasteiger partial charge in [-0.05, 0) is 159 Å². The van der Waals surface area contributed by atoms with Crippen LogP contribution in [-0.2, 0) is 0 Å². The molecule has 0 atom stereocenters. The smallest absolute Gasteiger partial charge is 0.191 e. The summed E-state index contributed by atoms with van der Waals surface area (Å²) in [5.41, 5.74) is 19.8. The lowest BCUT2D eigenvalue weighted by molar-refractivity contribution is 0.456. The van der Waals surface area contributed by atoms with E-state index < -0.39 is 7.26 Å². The minimum Gasteiger partial charge on any atom is -0.345 e. The van der Waals surface area contributed by atoms with Crippen molar-refractivity contribution < 1.29 is 0 Å². The highest BCUT2D eigenvalue weighted by Crippen LogP contribution is 2.81. The van der Waals surface area contributed by atoms with E-state index in [1.54, 1.807) is 0 Å². The monoisotopic (exact) mass is 858 g/mol. The number of hydrogen-bond donors (Lipinski definition) is 0. The third-order valence-corrected chi connectivity index (χ3v) is 22.4. The maximum Gasteiger partial charge on any atom is 0.191 e. The van der Waals surface area contributed by atoms with E-state index in [0.29, 0.717) is 10.0 Å². The number of halogens is 2. The maximum atomic E-state index is 7.94. The largest absolute Gasteiger partial charge is 0.345 e. The molecular formula is C54H67Cl2N3P+. The third-order valence-electron chi connectivity index (χ3n) is 15.3. The summed E-state index contributed by atoms with van der Waals surface area (Å²) in [6, 6.07) is 22.8. The number of anilines is 2. The van der Waals surface area contributed by atoms with Gasteiger partial charge in [0.2, 0.25) is 0 Å². The average Bonchev–Trinajstić information content (AvgIpc) is 3.82. The highest BCUT2D eigenvalue weighted by Gasteiger charge is 2.63. The van der Waals surface area contributed by atoms with Crippen LogP contribution in [0.4, 0.5) is 17.1 Å². The summed E-state index contributed by atoms with van der Waals surface area (Å²) in [7, 11) is -1.82. The van der Waals surface area contributed by atoms with Crippen molar-refractivity contribution in [1.82, 2.24) is 0 Å². The van der Waals surface area contributed by atoms with Crippen molar-refractivity contribution in [3.05, 3.63) is 121 Å². The molecule has 60 heavy (non-hydrogen) atoms. The summed E-state index contributed by atoms with van der Waals surface area (Å²) in [4.78, 5) is 11.4. The van der Waals surface area contributed by atoms with Crippen LogP contribution in [0, 0.1) is 41.5 Å². The second kappa shape index (κ2) is 17.6. The molecule has 4 fully saturated rings. The van der Waals surface area contributed by atoms with E-state index in [0.717, 1.165) is 46.9 Å². The lowest BCUT2D eigenvalue weighted by Gasteiger charge is -2.48. The molecular weight excluding hydrogens is 792 g/mol. The van der Waals surface area contributed by atoms with Crippen LogP contribution in [0.15, 0.2) is 65.7 Å². The number of aliphatic imine (C=N–C) groups is 1. The van der Waals surface area contributed by atoms with Gasteiger partial charge >= 0.3 is 0 Å². The van der Waals surface area contributed by atoms with Gasteiger partial charge in [-0.1, -0.05) is 108 Å². The highest BCUT2D eigenvalue weighted by atomic mass is 35.5. The first-order valence-electron chi connectivity index (χ1n) is 23.5.